The van der Waals surface area contributed by atoms with Crippen LogP contribution in [0.15, 0.2) is 67.0 Å². The first kappa shape index (κ1) is 11.1. The second kappa shape index (κ2) is 4.42. The molecule has 0 atom stereocenters. The summed E-state index contributed by atoms with van der Waals surface area (Å²) >= 11 is 0. The molecule has 2 nitrogen and oxygen atoms in total. The smallest absolute Gasteiger partial charge is 0.0977 e. The van der Waals surface area contributed by atoms with E-state index in [4.69, 9.17) is 0 Å². The molecule has 0 saturated carbocycles. The maximum atomic E-state index is 4.58. The summed E-state index contributed by atoms with van der Waals surface area (Å²) < 4.78 is 0. The van der Waals surface area contributed by atoms with Crippen LogP contribution in [-0.2, 0) is 0 Å². The summed E-state index contributed by atoms with van der Waals surface area (Å²) in [7, 11) is 0. The zero-order chi connectivity index (χ0) is 13.4. The molecule has 0 saturated heterocycles. The molecule has 0 bridgehead atoms. The van der Waals surface area contributed by atoms with E-state index in [9.17, 15) is 0 Å². The number of hydrogen-bond acceptors (Lipinski definition) is 2. The maximum absolute atomic E-state index is 4.58. The SMILES string of the molecule is [c]1nccc2cccc(-c3nccc4ccccc34)c12. The van der Waals surface area contributed by atoms with Crippen LogP contribution in [0.3, 0.4) is 0 Å². The Balaban J connectivity index is 2.12. The predicted octanol–water partition coefficient (Wildman–Crippen LogP) is 4.25. The van der Waals surface area contributed by atoms with E-state index in [-0.39, 0.29) is 0 Å². The molecular weight excluding hydrogens is 244 g/mol. The number of nitrogens with zero attached hydrogens (tertiary/aromatic N) is 2. The molecule has 1 radical (unpaired) electrons. The molecule has 0 amide bonds. The van der Waals surface area contributed by atoms with Gasteiger partial charge in [-0.15, -0.1) is 0 Å². The maximum Gasteiger partial charge on any atom is 0.0977 e. The van der Waals surface area contributed by atoms with Crippen LogP contribution in [0.4, 0.5) is 0 Å². The number of benzene rings is 2. The normalized spacial score (nSPS) is 11.0. The van der Waals surface area contributed by atoms with Crippen molar-refractivity contribution in [2.45, 2.75) is 0 Å². The molecule has 2 aromatic heterocycles. The summed E-state index contributed by atoms with van der Waals surface area (Å²) in [4.78, 5) is 8.71. The van der Waals surface area contributed by atoms with E-state index in [0.29, 0.717) is 0 Å². The highest BCUT2D eigenvalue weighted by Gasteiger charge is 2.08. The fraction of sp³-hybridized carbons (Fsp3) is 0. The third-order valence-electron chi connectivity index (χ3n) is 3.53. The van der Waals surface area contributed by atoms with Crippen molar-refractivity contribution in [3.8, 4) is 11.3 Å². The van der Waals surface area contributed by atoms with Gasteiger partial charge in [-0.1, -0.05) is 42.5 Å². The van der Waals surface area contributed by atoms with Crippen molar-refractivity contribution in [1.82, 2.24) is 9.97 Å². The molecule has 4 aromatic rings. The molecule has 93 valence electrons. The summed E-state index contributed by atoms with van der Waals surface area (Å²) in [6.45, 7) is 0. The van der Waals surface area contributed by atoms with Crippen LogP contribution in [0.2, 0.25) is 0 Å². The molecule has 2 heteroatoms. The zero-order valence-corrected chi connectivity index (χ0v) is 10.7. The van der Waals surface area contributed by atoms with Crippen molar-refractivity contribution in [3.05, 3.63) is 73.2 Å². The van der Waals surface area contributed by atoms with E-state index in [1.165, 1.54) is 5.39 Å². The van der Waals surface area contributed by atoms with Gasteiger partial charge in [-0.3, -0.25) is 9.97 Å². The van der Waals surface area contributed by atoms with Crippen LogP contribution in [0.1, 0.15) is 0 Å². The predicted molar refractivity (Wildman–Crippen MR) is 81.3 cm³/mol. The minimum absolute atomic E-state index is 0.984. The Bertz CT molecular complexity index is 825. The topological polar surface area (TPSA) is 25.8 Å². The van der Waals surface area contributed by atoms with Crippen LogP contribution in [0, 0.1) is 6.20 Å². The van der Waals surface area contributed by atoms with Crippen LogP contribution >= 0.6 is 0 Å². The van der Waals surface area contributed by atoms with Crippen LogP contribution < -0.4 is 0 Å². The lowest BCUT2D eigenvalue weighted by Gasteiger charge is -2.08. The van der Waals surface area contributed by atoms with Gasteiger partial charge in [0.05, 0.1) is 11.9 Å². The minimum atomic E-state index is 0.984. The molecular formula is C18H11N2. The van der Waals surface area contributed by atoms with Crippen molar-refractivity contribution >= 4 is 21.5 Å². The zero-order valence-electron chi connectivity index (χ0n) is 10.7. The largest absolute Gasteiger partial charge is 0.256 e. The Morgan fingerprint density at radius 1 is 0.750 bits per heavy atom. The Morgan fingerprint density at radius 3 is 2.60 bits per heavy atom. The first-order chi connectivity index (χ1) is 9.93. The summed E-state index contributed by atoms with van der Waals surface area (Å²) in [5, 5.41) is 4.49. The average molecular weight is 255 g/mol. The van der Waals surface area contributed by atoms with Crippen LogP contribution in [-0.4, -0.2) is 9.97 Å². The summed E-state index contributed by atoms with van der Waals surface area (Å²) in [6, 6.07) is 18.5. The van der Waals surface area contributed by atoms with E-state index in [1.54, 1.807) is 6.20 Å². The van der Waals surface area contributed by atoms with Gasteiger partial charge in [0.15, 0.2) is 0 Å². The number of fused-ring (bicyclic) bond motifs is 2. The highest BCUT2D eigenvalue weighted by atomic mass is 14.7. The monoisotopic (exact) mass is 255 g/mol. The Kier molecular flexibility index (Phi) is 2.46. The number of pyridine rings is 2. The lowest BCUT2D eigenvalue weighted by Crippen LogP contribution is -1.88. The van der Waals surface area contributed by atoms with Crippen molar-refractivity contribution in [2.75, 3.05) is 0 Å². The fourth-order valence-electron chi connectivity index (χ4n) is 2.58. The van der Waals surface area contributed by atoms with Gasteiger partial charge < -0.3 is 0 Å². The first-order valence-electron chi connectivity index (χ1n) is 6.53. The molecule has 0 N–H and O–H groups in total. The van der Waals surface area contributed by atoms with Gasteiger partial charge in [-0.25, -0.2) is 0 Å². The van der Waals surface area contributed by atoms with E-state index < -0.39 is 0 Å². The molecule has 0 aliphatic carbocycles. The van der Waals surface area contributed by atoms with Crippen LogP contribution in [0.25, 0.3) is 32.8 Å². The van der Waals surface area contributed by atoms with Crippen molar-refractivity contribution in [2.24, 2.45) is 0 Å². The van der Waals surface area contributed by atoms with Crippen molar-refractivity contribution < 1.29 is 0 Å². The van der Waals surface area contributed by atoms with Crippen molar-refractivity contribution in [3.63, 3.8) is 0 Å². The first-order valence-corrected chi connectivity index (χ1v) is 6.53. The molecule has 0 aliphatic heterocycles. The van der Waals surface area contributed by atoms with E-state index >= 15 is 0 Å². The quantitative estimate of drug-likeness (QED) is 0.508. The number of hydrogen-bond donors (Lipinski definition) is 0. The summed E-state index contributed by atoms with van der Waals surface area (Å²) in [6.07, 6.45) is 6.71. The van der Waals surface area contributed by atoms with E-state index in [1.807, 2.05) is 30.5 Å². The van der Waals surface area contributed by atoms with Crippen LogP contribution in [0.5, 0.6) is 0 Å². The minimum Gasteiger partial charge on any atom is -0.256 e. The number of rotatable bonds is 1. The second-order valence-electron chi connectivity index (χ2n) is 4.71. The molecule has 2 heterocycles. The van der Waals surface area contributed by atoms with Gasteiger partial charge in [0.2, 0.25) is 0 Å². The van der Waals surface area contributed by atoms with Gasteiger partial charge in [0.25, 0.3) is 0 Å². The molecule has 0 unspecified atom stereocenters. The van der Waals surface area contributed by atoms with E-state index in [2.05, 4.69) is 46.5 Å². The van der Waals surface area contributed by atoms with E-state index in [0.717, 1.165) is 27.4 Å². The highest BCUT2D eigenvalue weighted by Crippen LogP contribution is 2.31. The van der Waals surface area contributed by atoms with Crippen molar-refractivity contribution in [1.29, 1.82) is 0 Å². The van der Waals surface area contributed by atoms with Gasteiger partial charge in [-0.2, -0.15) is 0 Å². The summed E-state index contributed by atoms with van der Waals surface area (Å²) in [5.74, 6) is 0. The Morgan fingerprint density at radius 2 is 1.60 bits per heavy atom. The molecule has 0 fully saturated rings. The van der Waals surface area contributed by atoms with Gasteiger partial charge in [0.1, 0.15) is 0 Å². The molecule has 0 spiro atoms. The highest BCUT2D eigenvalue weighted by molar-refractivity contribution is 6.03. The second-order valence-corrected chi connectivity index (χ2v) is 4.71. The molecule has 20 heavy (non-hydrogen) atoms. The molecule has 4 rings (SSSR count). The standard InChI is InChI=1S/C18H11N2/c1-2-6-15-13(4-1)9-11-20-18(15)16-7-3-5-14-8-10-19-12-17(14)16/h1-11H. The lowest BCUT2D eigenvalue weighted by molar-refractivity contribution is 1.33. The molecule has 2 aromatic carbocycles. The lowest BCUT2D eigenvalue weighted by atomic mass is 9.99. The Hall–Kier alpha value is -2.74. The summed E-state index contributed by atoms with van der Waals surface area (Å²) in [5.41, 5.74) is 2.06. The third-order valence-corrected chi connectivity index (χ3v) is 3.53. The number of aromatic nitrogens is 2. The van der Waals surface area contributed by atoms with Gasteiger partial charge in [-0.05, 0) is 22.9 Å². The Labute approximate surface area is 116 Å². The van der Waals surface area contributed by atoms with Gasteiger partial charge in [0, 0.05) is 28.7 Å². The van der Waals surface area contributed by atoms with Gasteiger partial charge >= 0.3 is 0 Å². The average Bonchev–Trinajstić information content (AvgIpc) is 2.54. The fourth-order valence-corrected chi connectivity index (χ4v) is 2.58. The third kappa shape index (κ3) is 1.66. The molecule has 0 aliphatic rings.